The van der Waals surface area contributed by atoms with Crippen molar-refractivity contribution in [3.8, 4) is 16.9 Å². The number of anilines is 3. The summed E-state index contributed by atoms with van der Waals surface area (Å²) in [5.41, 5.74) is 4.59. The van der Waals surface area contributed by atoms with E-state index < -0.39 is 4.92 Å². The number of carbonyl (C=O) groups excluding carboxylic acids is 2. The van der Waals surface area contributed by atoms with E-state index in [2.05, 4.69) is 22.6 Å². The van der Waals surface area contributed by atoms with Crippen LogP contribution in [-0.4, -0.2) is 66.9 Å². The molecule has 2 amide bonds. The van der Waals surface area contributed by atoms with Crippen molar-refractivity contribution in [3.05, 3.63) is 75.8 Å². The molecule has 1 fully saturated rings. The Balaban J connectivity index is 1.38. The van der Waals surface area contributed by atoms with Gasteiger partial charge in [0.1, 0.15) is 0 Å². The Labute approximate surface area is 220 Å². The predicted molar refractivity (Wildman–Crippen MR) is 145 cm³/mol. The predicted octanol–water partition coefficient (Wildman–Crippen LogP) is 4.29. The number of nitrogens with zero attached hydrogens (tertiary/aromatic N) is 3. The molecule has 0 saturated carbocycles. The summed E-state index contributed by atoms with van der Waals surface area (Å²) in [5.74, 6) is -0.0227. The normalized spacial score (nSPS) is 15.3. The van der Waals surface area contributed by atoms with Gasteiger partial charge < -0.3 is 25.2 Å². The third-order valence-corrected chi connectivity index (χ3v) is 7.00. The highest BCUT2D eigenvalue weighted by Gasteiger charge is 2.23. The van der Waals surface area contributed by atoms with Crippen molar-refractivity contribution >= 4 is 34.6 Å². The highest BCUT2D eigenvalue weighted by atomic mass is 16.6. The van der Waals surface area contributed by atoms with E-state index in [4.69, 9.17) is 4.74 Å². The molecule has 2 N–H and O–H groups in total. The van der Waals surface area contributed by atoms with Crippen LogP contribution in [0.4, 0.5) is 22.7 Å². The van der Waals surface area contributed by atoms with Crippen molar-refractivity contribution in [1.29, 1.82) is 0 Å². The zero-order valence-electron chi connectivity index (χ0n) is 21.3. The zero-order chi connectivity index (χ0) is 26.8. The van der Waals surface area contributed by atoms with E-state index in [9.17, 15) is 19.7 Å². The largest absolute Gasteiger partial charge is 0.490 e. The SMILES string of the molecule is COc1cc(-c2ccc3c(c2)Nc2ccc(CC(=O)N4CCCN(C)CC4)cc2NC3=O)ccc1[N+](=O)[O-]. The van der Waals surface area contributed by atoms with Crippen LogP contribution < -0.4 is 15.4 Å². The molecule has 0 radical (unpaired) electrons. The molecule has 5 rings (SSSR count). The summed E-state index contributed by atoms with van der Waals surface area (Å²) < 4.78 is 5.20. The van der Waals surface area contributed by atoms with E-state index in [1.54, 1.807) is 24.3 Å². The van der Waals surface area contributed by atoms with Gasteiger partial charge in [-0.3, -0.25) is 19.7 Å². The van der Waals surface area contributed by atoms with Gasteiger partial charge in [0.15, 0.2) is 5.75 Å². The minimum absolute atomic E-state index is 0.0830. The minimum Gasteiger partial charge on any atom is -0.490 e. The quantitative estimate of drug-likeness (QED) is 0.385. The molecule has 0 aromatic heterocycles. The minimum atomic E-state index is -0.489. The van der Waals surface area contributed by atoms with Crippen LogP contribution in [0.3, 0.4) is 0 Å². The molecule has 10 nitrogen and oxygen atoms in total. The molecular formula is C28H29N5O5. The van der Waals surface area contributed by atoms with Crippen molar-refractivity contribution in [2.45, 2.75) is 12.8 Å². The molecule has 1 saturated heterocycles. The molecule has 2 heterocycles. The van der Waals surface area contributed by atoms with Crippen LogP contribution >= 0.6 is 0 Å². The molecule has 0 atom stereocenters. The second kappa shape index (κ2) is 10.5. The van der Waals surface area contributed by atoms with Crippen LogP contribution in [0.2, 0.25) is 0 Å². The van der Waals surface area contributed by atoms with Crippen molar-refractivity contribution in [2.24, 2.45) is 0 Å². The summed E-state index contributed by atoms with van der Waals surface area (Å²) in [7, 11) is 3.46. The Kier molecular flexibility index (Phi) is 6.97. The van der Waals surface area contributed by atoms with Gasteiger partial charge in [0.05, 0.1) is 41.1 Å². The lowest BCUT2D eigenvalue weighted by molar-refractivity contribution is -0.385. The van der Waals surface area contributed by atoms with E-state index in [0.29, 0.717) is 22.6 Å². The van der Waals surface area contributed by atoms with Crippen LogP contribution in [0.15, 0.2) is 54.6 Å². The smallest absolute Gasteiger partial charge is 0.310 e. The third kappa shape index (κ3) is 5.16. The Morgan fingerprint density at radius 1 is 0.947 bits per heavy atom. The van der Waals surface area contributed by atoms with Gasteiger partial charge in [-0.25, -0.2) is 0 Å². The van der Waals surface area contributed by atoms with Gasteiger partial charge >= 0.3 is 5.69 Å². The van der Waals surface area contributed by atoms with Crippen LogP contribution in [-0.2, 0) is 11.2 Å². The lowest BCUT2D eigenvalue weighted by Gasteiger charge is -2.21. The summed E-state index contributed by atoms with van der Waals surface area (Å²) in [6.07, 6.45) is 1.23. The number of amides is 2. The van der Waals surface area contributed by atoms with E-state index in [1.165, 1.54) is 13.2 Å². The van der Waals surface area contributed by atoms with E-state index in [-0.39, 0.29) is 29.7 Å². The Morgan fingerprint density at radius 3 is 2.53 bits per heavy atom. The van der Waals surface area contributed by atoms with Gasteiger partial charge in [-0.2, -0.15) is 0 Å². The maximum absolute atomic E-state index is 13.1. The van der Waals surface area contributed by atoms with Gasteiger partial charge in [0.2, 0.25) is 5.91 Å². The molecule has 0 aliphatic carbocycles. The second-order valence-corrected chi connectivity index (χ2v) is 9.58. The molecule has 2 aliphatic rings. The Bertz CT molecular complexity index is 1420. The zero-order valence-corrected chi connectivity index (χ0v) is 21.3. The Morgan fingerprint density at radius 2 is 1.74 bits per heavy atom. The van der Waals surface area contributed by atoms with Gasteiger partial charge in [-0.05, 0) is 73.1 Å². The number of methoxy groups -OCH3 is 1. The fourth-order valence-electron chi connectivity index (χ4n) is 4.86. The number of nitro benzene ring substituents is 1. The second-order valence-electron chi connectivity index (χ2n) is 9.58. The summed E-state index contributed by atoms with van der Waals surface area (Å²) in [4.78, 5) is 40.9. The number of nitro groups is 1. The molecule has 2 aliphatic heterocycles. The molecule has 0 bridgehead atoms. The molecule has 196 valence electrons. The van der Waals surface area contributed by atoms with Gasteiger partial charge in [-0.15, -0.1) is 0 Å². The fourth-order valence-corrected chi connectivity index (χ4v) is 4.86. The maximum atomic E-state index is 13.1. The summed E-state index contributed by atoms with van der Waals surface area (Å²) in [5, 5.41) is 17.5. The van der Waals surface area contributed by atoms with E-state index in [0.717, 1.165) is 49.3 Å². The third-order valence-electron chi connectivity index (χ3n) is 7.00. The van der Waals surface area contributed by atoms with Crippen LogP contribution in [0.25, 0.3) is 11.1 Å². The van der Waals surface area contributed by atoms with Crippen molar-refractivity contribution < 1.29 is 19.2 Å². The van der Waals surface area contributed by atoms with E-state index in [1.807, 2.05) is 29.2 Å². The van der Waals surface area contributed by atoms with Gasteiger partial charge in [0, 0.05) is 25.7 Å². The number of hydrogen-bond acceptors (Lipinski definition) is 7. The standard InChI is InChI=1S/C28H29N5O5/c1-31-10-3-11-32(13-12-31)27(34)15-18-4-8-22-24(14-18)30-28(35)21-7-5-19(16-23(21)29-22)20-6-9-25(33(36)37)26(17-20)38-2/h4-9,14,16-17,29H,3,10-13,15H2,1-2H3,(H,30,35). The monoisotopic (exact) mass is 515 g/mol. The molecule has 3 aromatic carbocycles. The summed E-state index contributed by atoms with van der Waals surface area (Å²) in [6.45, 7) is 3.32. The first-order chi connectivity index (χ1) is 18.3. The van der Waals surface area contributed by atoms with Gasteiger partial charge in [0.25, 0.3) is 5.91 Å². The average molecular weight is 516 g/mol. The maximum Gasteiger partial charge on any atom is 0.310 e. The highest BCUT2D eigenvalue weighted by molar-refractivity contribution is 6.12. The average Bonchev–Trinajstić information content (AvgIpc) is 3.21. The number of likely N-dealkylation sites (N-methyl/N-ethyl adjacent to an activating group) is 1. The number of carbonyl (C=O) groups is 2. The number of fused-ring (bicyclic) bond motifs is 2. The van der Waals surface area contributed by atoms with E-state index >= 15 is 0 Å². The van der Waals surface area contributed by atoms with Crippen LogP contribution in [0.1, 0.15) is 22.3 Å². The molecule has 3 aromatic rings. The molecule has 10 heteroatoms. The first-order valence-corrected chi connectivity index (χ1v) is 12.5. The summed E-state index contributed by atoms with van der Waals surface area (Å²) >= 11 is 0. The van der Waals surface area contributed by atoms with Crippen LogP contribution in [0, 0.1) is 10.1 Å². The topological polar surface area (TPSA) is 117 Å². The first-order valence-electron chi connectivity index (χ1n) is 12.5. The lowest BCUT2D eigenvalue weighted by Crippen LogP contribution is -2.35. The molecule has 0 unspecified atom stereocenters. The van der Waals surface area contributed by atoms with Crippen molar-refractivity contribution in [1.82, 2.24) is 9.80 Å². The summed E-state index contributed by atoms with van der Waals surface area (Å²) in [6, 6.07) is 15.6. The van der Waals surface area contributed by atoms with Crippen molar-refractivity contribution in [3.63, 3.8) is 0 Å². The highest BCUT2D eigenvalue weighted by Crippen LogP contribution is 2.37. The number of benzene rings is 3. The Hall–Kier alpha value is -4.44. The molecule has 0 spiro atoms. The van der Waals surface area contributed by atoms with Crippen LogP contribution in [0.5, 0.6) is 5.75 Å². The number of nitrogens with one attached hydrogen (secondary N) is 2. The molecule has 38 heavy (non-hydrogen) atoms. The van der Waals surface area contributed by atoms with Crippen molar-refractivity contribution in [2.75, 3.05) is 51.0 Å². The number of rotatable bonds is 5. The lowest BCUT2D eigenvalue weighted by atomic mass is 10.0. The fraction of sp³-hybridized carbons (Fsp3) is 0.286. The number of ether oxygens (including phenoxy) is 1. The number of hydrogen-bond donors (Lipinski definition) is 2. The van der Waals surface area contributed by atoms with Gasteiger partial charge in [-0.1, -0.05) is 12.1 Å². The molecular weight excluding hydrogens is 486 g/mol. The first kappa shape index (κ1) is 25.2.